The number of halogens is 3. The van der Waals surface area contributed by atoms with Crippen LogP contribution in [0.3, 0.4) is 0 Å². The number of hydrogen-bond acceptors (Lipinski definition) is 3. The van der Waals surface area contributed by atoms with E-state index in [-0.39, 0.29) is 5.60 Å². The zero-order chi connectivity index (χ0) is 14.0. The number of benzene rings is 1. The summed E-state index contributed by atoms with van der Waals surface area (Å²) in [6.07, 6.45) is 0.741. The van der Waals surface area contributed by atoms with Gasteiger partial charge in [-0.2, -0.15) is 0 Å². The lowest BCUT2D eigenvalue weighted by Crippen LogP contribution is -2.26. The molecule has 0 saturated carbocycles. The maximum atomic E-state index is 6.28. The van der Waals surface area contributed by atoms with Gasteiger partial charge < -0.3 is 4.84 Å². The SMILES string of the molecule is Cc1c(Cl)ccc(CSC2=NOC(C)(CCl)C2)c1Cl. The van der Waals surface area contributed by atoms with Gasteiger partial charge in [0.15, 0.2) is 5.60 Å². The zero-order valence-corrected chi connectivity index (χ0v) is 13.8. The molecule has 19 heavy (non-hydrogen) atoms. The third-order valence-electron chi connectivity index (χ3n) is 2.97. The highest BCUT2D eigenvalue weighted by molar-refractivity contribution is 8.13. The van der Waals surface area contributed by atoms with Crippen molar-refractivity contribution in [2.75, 3.05) is 5.88 Å². The molecule has 2 rings (SSSR count). The van der Waals surface area contributed by atoms with Gasteiger partial charge in [0.25, 0.3) is 0 Å². The Hall–Kier alpha value is -0.0900. The molecule has 1 heterocycles. The Bertz CT molecular complexity index is 521. The fourth-order valence-corrected chi connectivity index (χ4v) is 3.40. The highest BCUT2D eigenvalue weighted by Gasteiger charge is 2.33. The minimum atomic E-state index is -0.371. The first kappa shape index (κ1) is 15.3. The maximum absolute atomic E-state index is 6.28. The second-order valence-electron chi connectivity index (χ2n) is 4.77. The molecule has 1 atom stereocenters. The summed E-state index contributed by atoms with van der Waals surface area (Å²) in [5, 5.41) is 6.43. The van der Waals surface area contributed by atoms with E-state index in [9.17, 15) is 0 Å². The number of oxime groups is 1. The van der Waals surface area contributed by atoms with Crippen LogP contribution in [-0.4, -0.2) is 16.5 Å². The lowest BCUT2D eigenvalue weighted by Gasteiger charge is -2.16. The fraction of sp³-hybridized carbons (Fsp3) is 0.462. The Kier molecular flexibility index (Phi) is 4.93. The van der Waals surface area contributed by atoms with E-state index in [1.807, 2.05) is 26.0 Å². The third kappa shape index (κ3) is 3.52. The predicted molar refractivity (Wildman–Crippen MR) is 84.8 cm³/mol. The Morgan fingerprint density at radius 3 is 2.79 bits per heavy atom. The topological polar surface area (TPSA) is 21.6 Å². The molecule has 2 nitrogen and oxygen atoms in total. The molecular formula is C13H14Cl3NOS. The van der Waals surface area contributed by atoms with Gasteiger partial charge in [-0.25, -0.2) is 0 Å². The van der Waals surface area contributed by atoms with Crippen LogP contribution in [0.15, 0.2) is 17.3 Å². The maximum Gasteiger partial charge on any atom is 0.154 e. The van der Waals surface area contributed by atoms with Crippen LogP contribution in [0, 0.1) is 6.92 Å². The third-order valence-corrected chi connectivity index (χ3v) is 5.48. The summed E-state index contributed by atoms with van der Waals surface area (Å²) in [6.45, 7) is 3.87. The van der Waals surface area contributed by atoms with Crippen LogP contribution in [-0.2, 0) is 10.6 Å². The highest BCUT2D eigenvalue weighted by atomic mass is 35.5. The lowest BCUT2D eigenvalue weighted by molar-refractivity contribution is 0.0152. The molecule has 1 unspecified atom stereocenters. The molecule has 1 aromatic carbocycles. The van der Waals surface area contributed by atoms with Gasteiger partial charge in [0.1, 0.15) is 5.04 Å². The van der Waals surface area contributed by atoms with E-state index in [4.69, 9.17) is 39.6 Å². The highest BCUT2D eigenvalue weighted by Crippen LogP contribution is 2.33. The smallest absolute Gasteiger partial charge is 0.154 e. The molecule has 1 aliphatic rings. The average molecular weight is 339 g/mol. The van der Waals surface area contributed by atoms with Crippen LogP contribution in [0.5, 0.6) is 0 Å². The van der Waals surface area contributed by atoms with Gasteiger partial charge >= 0.3 is 0 Å². The van der Waals surface area contributed by atoms with Gasteiger partial charge in [-0.1, -0.05) is 34.4 Å². The van der Waals surface area contributed by atoms with Crippen molar-refractivity contribution in [1.82, 2.24) is 0 Å². The molecule has 1 aliphatic heterocycles. The van der Waals surface area contributed by atoms with E-state index in [1.54, 1.807) is 11.8 Å². The zero-order valence-electron chi connectivity index (χ0n) is 10.7. The van der Waals surface area contributed by atoms with Crippen LogP contribution in [0.4, 0.5) is 0 Å². The van der Waals surface area contributed by atoms with Crippen molar-refractivity contribution in [2.24, 2.45) is 5.16 Å². The molecule has 0 aliphatic carbocycles. The molecule has 6 heteroatoms. The summed E-state index contributed by atoms with van der Waals surface area (Å²) in [5.74, 6) is 1.18. The Labute approximate surface area is 132 Å². The monoisotopic (exact) mass is 337 g/mol. The van der Waals surface area contributed by atoms with E-state index >= 15 is 0 Å². The van der Waals surface area contributed by atoms with Gasteiger partial charge in [-0.3, -0.25) is 0 Å². The van der Waals surface area contributed by atoms with Crippen LogP contribution >= 0.6 is 46.6 Å². The number of nitrogens with zero attached hydrogens (tertiary/aromatic N) is 1. The fourth-order valence-electron chi connectivity index (χ4n) is 1.68. The second-order valence-corrected chi connectivity index (χ2v) is 6.87. The number of alkyl halides is 1. The first-order valence-electron chi connectivity index (χ1n) is 5.82. The summed E-state index contributed by atoms with van der Waals surface area (Å²) in [7, 11) is 0. The van der Waals surface area contributed by atoms with Crippen LogP contribution in [0.2, 0.25) is 10.0 Å². The van der Waals surface area contributed by atoms with Gasteiger partial charge in [0.2, 0.25) is 0 Å². The Morgan fingerprint density at radius 2 is 2.16 bits per heavy atom. The van der Waals surface area contributed by atoms with Crippen molar-refractivity contribution < 1.29 is 4.84 Å². The average Bonchev–Trinajstić information content (AvgIpc) is 2.78. The minimum Gasteiger partial charge on any atom is -0.387 e. The lowest BCUT2D eigenvalue weighted by atomic mass is 10.1. The van der Waals surface area contributed by atoms with Crippen molar-refractivity contribution >= 4 is 51.6 Å². The largest absolute Gasteiger partial charge is 0.387 e. The molecule has 0 spiro atoms. The summed E-state index contributed by atoms with van der Waals surface area (Å²) in [5.41, 5.74) is 1.59. The quantitative estimate of drug-likeness (QED) is 0.701. The molecule has 0 bridgehead atoms. The summed E-state index contributed by atoms with van der Waals surface area (Å²) >= 11 is 19.8. The molecule has 0 N–H and O–H groups in total. The standard InChI is InChI=1S/C13H14Cl3NOS/c1-8-10(15)4-3-9(12(8)16)6-19-11-5-13(2,7-14)18-17-11/h3-4H,5-7H2,1-2H3. The number of rotatable bonds is 3. The van der Waals surface area contributed by atoms with Gasteiger partial charge in [-0.05, 0) is 31.0 Å². The minimum absolute atomic E-state index is 0.371. The molecular weight excluding hydrogens is 325 g/mol. The van der Waals surface area contributed by atoms with Crippen molar-refractivity contribution in [3.8, 4) is 0 Å². The predicted octanol–water partition coefficient (Wildman–Crippen LogP) is 5.27. The molecule has 0 fully saturated rings. The van der Waals surface area contributed by atoms with E-state index in [0.717, 1.165) is 33.4 Å². The molecule has 1 aromatic rings. The molecule has 0 aromatic heterocycles. The summed E-state index contributed by atoms with van der Waals surface area (Å²) in [6, 6.07) is 3.82. The van der Waals surface area contributed by atoms with Crippen molar-refractivity contribution in [3.05, 3.63) is 33.3 Å². The normalized spacial score (nSPS) is 22.3. The Balaban J connectivity index is 1.99. The van der Waals surface area contributed by atoms with E-state index in [1.165, 1.54) is 0 Å². The molecule has 0 radical (unpaired) electrons. The van der Waals surface area contributed by atoms with Crippen LogP contribution < -0.4 is 0 Å². The van der Waals surface area contributed by atoms with Gasteiger partial charge in [-0.15, -0.1) is 23.4 Å². The molecule has 104 valence electrons. The van der Waals surface area contributed by atoms with Gasteiger partial charge in [0, 0.05) is 22.2 Å². The van der Waals surface area contributed by atoms with Crippen LogP contribution in [0.25, 0.3) is 0 Å². The Morgan fingerprint density at radius 1 is 1.42 bits per heavy atom. The summed E-state index contributed by atoms with van der Waals surface area (Å²) in [4.78, 5) is 5.34. The van der Waals surface area contributed by atoms with Crippen LogP contribution in [0.1, 0.15) is 24.5 Å². The van der Waals surface area contributed by atoms with Crippen molar-refractivity contribution in [3.63, 3.8) is 0 Å². The van der Waals surface area contributed by atoms with Gasteiger partial charge in [0.05, 0.1) is 5.88 Å². The van der Waals surface area contributed by atoms with E-state index < -0.39 is 0 Å². The molecule has 0 amide bonds. The van der Waals surface area contributed by atoms with Crippen molar-refractivity contribution in [1.29, 1.82) is 0 Å². The summed E-state index contributed by atoms with van der Waals surface area (Å²) < 4.78 is 0. The van der Waals surface area contributed by atoms with E-state index in [0.29, 0.717) is 10.9 Å². The second kappa shape index (κ2) is 6.13. The van der Waals surface area contributed by atoms with Crippen molar-refractivity contribution in [2.45, 2.75) is 31.6 Å². The number of hydrogen-bond donors (Lipinski definition) is 0. The first-order chi connectivity index (χ1) is 8.95. The number of thioether (sulfide) groups is 1. The first-order valence-corrected chi connectivity index (χ1v) is 8.10. The van der Waals surface area contributed by atoms with E-state index in [2.05, 4.69) is 5.16 Å². The molecule has 0 saturated heterocycles.